The Labute approximate surface area is 218 Å². The second-order valence-electron chi connectivity index (χ2n) is 12.5. The number of rotatable bonds is 5. The maximum Gasteiger partial charge on any atom is 0.306 e. The Morgan fingerprint density at radius 2 is 1.86 bits per heavy atom. The maximum atomic E-state index is 13.5. The van der Waals surface area contributed by atoms with Crippen molar-refractivity contribution in [3.05, 3.63) is 28.3 Å². The Kier molecular flexibility index (Phi) is 6.78. The normalized spacial score (nSPS) is 19.7. The van der Waals surface area contributed by atoms with Gasteiger partial charge in [-0.15, -0.1) is 0 Å². The first-order valence-electron chi connectivity index (χ1n) is 13.0. The Morgan fingerprint density at radius 3 is 2.41 bits per heavy atom. The van der Waals surface area contributed by atoms with Crippen molar-refractivity contribution < 1.29 is 23.9 Å². The fourth-order valence-corrected chi connectivity index (χ4v) is 5.81. The van der Waals surface area contributed by atoms with E-state index in [9.17, 15) is 19.6 Å². The molecule has 1 aromatic carbocycles. The van der Waals surface area contributed by atoms with Crippen molar-refractivity contribution in [1.82, 2.24) is 9.80 Å². The molecule has 200 valence electrons. The van der Waals surface area contributed by atoms with Crippen LogP contribution in [0.25, 0.3) is 0 Å². The van der Waals surface area contributed by atoms with E-state index in [1.54, 1.807) is 20.8 Å². The summed E-state index contributed by atoms with van der Waals surface area (Å²) < 4.78 is 11.6. The average Bonchev–Trinajstić information content (AvgIpc) is 3.30. The van der Waals surface area contributed by atoms with E-state index in [1.165, 1.54) is 4.90 Å². The van der Waals surface area contributed by atoms with E-state index in [0.29, 0.717) is 23.5 Å². The first-order valence-corrected chi connectivity index (χ1v) is 13.0. The predicted molar refractivity (Wildman–Crippen MR) is 137 cm³/mol. The summed E-state index contributed by atoms with van der Waals surface area (Å²) in [4.78, 5) is 42.0. The molecular formula is C28H38N4O5. The summed E-state index contributed by atoms with van der Waals surface area (Å²) in [5.41, 5.74) is 7.09. The highest BCUT2D eigenvalue weighted by atomic mass is 16.6. The molecule has 1 aromatic rings. The molecule has 1 atom stereocenters. The zero-order valence-corrected chi connectivity index (χ0v) is 22.8. The van der Waals surface area contributed by atoms with Crippen LogP contribution in [0.5, 0.6) is 5.75 Å². The predicted octanol–water partition coefficient (Wildman–Crippen LogP) is 3.01. The minimum Gasteiger partial charge on any atom is -0.492 e. The standard InChI is InChI=1S/C28H38N4O5/c1-26(2,3)31-11-9-28(10-12-31)16-36-23-18-15-32(25(35)22(18)17(14-29)13-19(23)28)20(24(30)34)7-8-21(33)37-27(4,5)6/h13,20H,7-12,15-16H2,1-6H3,(H2,30,34)/t20-/m0/s1. The molecule has 0 unspecified atom stereocenters. The van der Waals surface area contributed by atoms with Crippen LogP contribution < -0.4 is 10.5 Å². The number of nitrogens with two attached hydrogens (primary N) is 1. The van der Waals surface area contributed by atoms with Gasteiger partial charge in [-0.2, -0.15) is 5.26 Å². The number of carbonyl (C=O) groups excluding carboxylic acids is 3. The van der Waals surface area contributed by atoms with Crippen molar-refractivity contribution in [2.75, 3.05) is 19.7 Å². The summed E-state index contributed by atoms with van der Waals surface area (Å²) in [6, 6.07) is 3.02. The number of primary amides is 1. The fourth-order valence-electron chi connectivity index (χ4n) is 5.81. The van der Waals surface area contributed by atoms with Crippen LogP contribution in [-0.2, 0) is 26.3 Å². The third kappa shape index (κ3) is 5.04. The molecule has 3 aliphatic rings. The third-order valence-corrected chi connectivity index (χ3v) is 7.78. The molecule has 0 aliphatic carbocycles. The first-order chi connectivity index (χ1) is 17.2. The zero-order valence-electron chi connectivity index (χ0n) is 22.8. The molecule has 1 saturated heterocycles. The number of likely N-dealkylation sites (tertiary alicyclic amines) is 1. The Balaban J connectivity index is 1.61. The number of hydrogen-bond acceptors (Lipinski definition) is 7. The molecule has 4 rings (SSSR count). The van der Waals surface area contributed by atoms with Gasteiger partial charge in [0.1, 0.15) is 17.4 Å². The first kappa shape index (κ1) is 26.9. The number of fused-ring (bicyclic) bond motifs is 4. The molecule has 1 fully saturated rings. The largest absolute Gasteiger partial charge is 0.492 e. The van der Waals surface area contributed by atoms with Gasteiger partial charge in [0.2, 0.25) is 5.91 Å². The molecule has 3 heterocycles. The average molecular weight is 511 g/mol. The van der Waals surface area contributed by atoms with Gasteiger partial charge in [-0.1, -0.05) is 0 Å². The van der Waals surface area contributed by atoms with Crippen LogP contribution in [0.1, 0.15) is 94.3 Å². The summed E-state index contributed by atoms with van der Waals surface area (Å²) in [6.07, 6.45) is 1.79. The van der Waals surface area contributed by atoms with Gasteiger partial charge in [-0.25, -0.2) is 0 Å². The Morgan fingerprint density at radius 1 is 1.22 bits per heavy atom. The number of hydrogen-bond donors (Lipinski definition) is 1. The van der Waals surface area contributed by atoms with Gasteiger partial charge < -0.3 is 20.1 Å². The lowest BCUT2D eigenvalue weighted by Gasteiger charge is -2.44. The summed E-state index contributed by atoms with van der Waals surface area (Å²) in [5, 5.41) is 9.98. The highest BCUT2D eigenvalue weighted by Gasteiger charge is 2.49. The van der Waals surface area contributed by atoms with E-state index in [-0.39, 0.29) is 35.9 Å². The van der Waals surface area contributed by atoms with Gasteiger partial charge in [0.05, 0.1) is 30.3 Å². The molecule has 9 nitrogen and oxygen atoms in total. The molecule has 9 heteroatoms. The number of amides is 2. The van der Waals surface area contributed by atoms with Crippen LogP contribution >= 0.6 is 0 Å². The smallest absolute Gasteiger partial charge is 0.306 e. The molecule has 0 aromatic heterocycles. The van der Waals surface area contributed by atoms with Crippen molar-refractivity contribution >= 4 is 17.8 Å². The van der Waals surface area contributed by atoms with Crippen molar-refractivity contribution in [1.29, 1.82) is 5.26 Å². The van der Waals surface area contributed by atoms with Crippen LogP contribution in [0.3, 0.4) is 0 Å². The number of ether oxygens (including phenoxy) is 2. The van der Waals surface area contributed by atoms with Gasteiger partial charge in [0, 0.05) is 28.5 Å². The molecule has 3 aliphatic heterocycles. The SMILES string of the molecule is CC(C)(C)OC(=O)CC[C@@H](C(N)=O)N1Cc2c3c(cc(C#N)c2C1=O)C1(CCN(C(C)(C)C)CC1)CO3. The number of nitrogens with zero attached hydrogens (tertiary/aromatic N) is 3. The van der Waals surface area contributed by atoms with Gasteiger partial charge in [-0.3, -0.25) is 19.3 Å². The highest BCUT2D eigenvalue weighted by molar-refractivity contribution is 6.04. The molecule has 1 spiro atoms. The van der Waals surface area contributed by atoms with Crippen molar-refractivity contribution in [2.24, 2.45) is 5.73 Å². The van der Waals surface area contributed by atoms with E-state index < -0.39 is 29.4 Å². The topological polar surface area (TPSA) is 126 Å². The maximum absolute atomic E-state index is 13.5. The van der Waals surface area contributed by atoms with Crippen LogP contribution in [0.15, 0.2) is 6.07 Å². The molecule has 2 N–H and O–H groups in total. The number of carbonyl (C=O) groups is 3. The lowest BCUT2D eigenvalue weighted by Crippen LogP contribution is -2.50. The highest BCUT2D eigenvalue weighted by Crippen LogP contribution is 2.51. The van der Waals surface area contributed by atoms with E-state index in [0.717, 1.165) is 31.5 Å². The van der Waals surface area contributed by atoms with E-state index in [4.69, 9.17) is 15.2 Å². The molecule has 0 saturated carbocycles. The number of nitriles is 1. The third-order valence-electron chi connectivity index (χ3n) is 7.78. The monoisotopic (exact) mass is 510 g/mol. The van der Waals surface area contributed by atoms with Gasteiger partial charge >= 0.3 is 5.97 Å². The fraction of sp³-hybridized carbons (Fsp3) is 0.643. The van der Waals surface area contributed by atoms with E-state index in [1.807, 2.05) is 6.07 Å². The summed E-state index contributed by atoms with van der Waals surface area (Å²) in [5.74, 6) is -0.945. The van der Waals surface area contributed by atoms with Crippen molar-refractivity contribution in [2.45, 2.75) is 96.4 Å². The summed E-state index contributed by atoms with van der Waals surface area (Å²) in [7, 11) is 0. The molecule has 37 heavy (non-hydrogen) atoms. The van der Waals surface area contributed by atoms with Gasteiger partial charge in [-0.05, 0) is 80.0 Å². The number of esters is 1. The molecule has 0 radical (unpaired) electrons. The van der Waals surface area contributed by atoms with E-state index >= 15 is 0 Å². The van der Waals surface area contributed by atoms with Crippen molar-refractivity contribution in [3.63, 3.8) is 0 Å². The van der Waals surface area contributed by atoms with E-state index in [2.05, 4.69) is 31.7 Å². The second kappa shape index (κ2) is 9.32. The van der Waals surface area contributed by atoms with Crippen LogP contribution in [0.2, 0.25) is 0 Å². The quantitative estimate of drug-likeness (QED) is 0.604. The summed E-state index contributed by atoms with van der Waals surface area (Å²) in [6.45, 7) is 14.4. The van der Waals surface area contributed by atoms with Crippen LogP contribution in [0.4, 0.5) is 0 Å². The summed E-state index contributed by atoms with van der Waals surface area (Å²) >= 11 is 0. The molecular weight excluding hydrogens is 472 g/mol. The molecule has 2 amide bonds. The lowest BCUT2D eigenvalue weighted by atomic mass is 9.72. The van der Waals surface area contributed by atoms with Crippen LogP contribution in [0, 0.1) is 11.3 Å². The lowest BCUT2D eigenvalue weighted by molar-refractivity contribution is -0.155. The number of benzene rings is 1. The number of piperidine rings is 1. The molecule has 0 bridgehead atoms. The Hall–Kier alpha value is -3.12. The Bertz CT molecular complexity index is 1160. The van der Waals surface area contributed by atoms with Crippen molar-refractivity contribution in [3.8, 4) is 11.8 Å². The van der Waals surface area contributed by atoms with Crippen LogP contribution in [-0.4, -0.2) is 64.5 Å². The minimum atomic E-state index is -1.00. The second-order valence-corrected chi connectivity index (χ2v) is 12.5. The minimum absolute atomic E-state index is 0.0431. The zero-order chi connectivity index (χ0) is 27.3. The van der Waals surface area contributed by atoms with Gasteiger partial charge in [0.25, 0.3) is 5.91 Å². The van der Waals surface area contributed by atoms with Gasteiger partial charge in [0.15, 0.2) is 0 Å².